The van der Waals surface area contributed by atoms with E-state index in [1.54, 1.807) is 0 Å². The summed E-state index contributed by atoms with van der Waals surface area (Å²) in [6, 6.07) is 5.63. The Morgan fingerprint density at radius 1 is 1.31 bits per heavy atom. The smallest absolute Gasteiger partial charge is 0.306 e. The van der Waals surface area contributed by atoms with Crippen LogP contribution in [0.5, 0.6) is 0 Å². The summed E-state index contributed by atoms with van der Waals surface area (Å²) in [6.45, 7) is 0.574. The summed E-state index contributed by atoms with van der Waals surface area (Å²) in [7, 11) is 0. The maximum absolute atomic E-state index is 10.9. The number of H-pyrrole nitrogens is 2. The highest BCUT2D eigenvalue weighted by molar-refractivity contribution is 6.13. The first-order valence-electron chi connectivity index (χ1n) is 3.84. The van der Waals surface area contributed by atoms with Crippen molar-refractivity contribution in [1.82, 2.24) is 14.8 Å². The molecule has 0 atom stereocenters. The Morgan fingerprint density at radius 3 is 2.85 bits per heavy atom. The van der Waals surface area contributed by atoms with Crippen molar-refractivity contribution >= 4 is 22.8 Å². The highest BCUT2D eigenvalue weighted by Crippen LogP contribution is 2.09. The second-order valence-electron chi connectivity index (χ2n) is 2.77. The minimum atomic E-state index is -0.189. The normalized spacial score (nSPS) is 10.8. The van der Waals surface area contributed by atoms with E-state index in [0.29, 0.717) is 6.54 Å². The number of hydrogen-bond acceptors (Lipinski definition) is 2. The predicted molar refractivity (Wildman–Crippen MR) is 51.6 cm³/mol. The molecule has 0 fully saturated rings. The van der Waals surface area contributed by atoms with E-state index in [9.17, 15) is 4.79 Å². The van der Waals surface area contributed by atoms with E-state index in [1.807, 2.05) is 18.2 Å². The molecular weight excluding hydrogens is 190 g/mol. The molecule has 68 valence electrons. The van der Waals surface area contributed by atoms with Gasteiger partial charge in [-0.25, -0.2) is 9.63 Å². The standard InChI is InChI=1S/C8H8ClN3O/c9-10-4-5-1-2-6-7(3-5)12-8(13)11-6/h1-3,10H,4H2,(H2,11,12,13). The molecule has 1 aromatic heterocycles. The second-order valence-corrected chi connectivity index (χ2v) is 3.04. The fourth-order valence-corrected chi connectivity index (χ4v) is 1.42. The molecular formula is C8H8ClN3O. The van der Waals surface area contributed by atoms with Gasteiger partial charge in [0.15, 0.2) is 0 Å². The van der Waals surface area contributed by atoms with E-state index in [4.69, 9.17) is 11.8 Å². The Hall–Kier alpha value is -1.26. The molecule has 2 aromatic rings. The van der Waals surface area contributed by atoms with Crippen molar-refractivity contribution in [3.05, 3.63) is 34.2 Å². The van der Waals surface area contributed by atoms with E-state index < -0.39 is 0 Å². The summed E-state index contributed by atoms with van der Waals surface area (Å²) in [6.07, 6.45) is 0. The summed E-state index contributed by atoms with van der Waals surface area (Å²) in [5.74, 6) is 0. The maximum atomic E-state index is 10.9. The number of nitrogens with one attached hydrogen (secondary N) is 3. The molecule has 0 bridgehead atoms. The van der Waals surface area contributed by atoms with Crippen molar-refractivity contribution in [2.75, 3.05) is 0 Å². The van der Waals surface area contributed by atoms with Crippen LogP contribution in [-0.2, 0) is 6.54 Å². The molecule has 5 heteroatoms. The zero-order chi connectivity index (χ0) is 9.26. The molecule has 0 aliphatic carbocycles. The highest BCUT2D eigenvalue weighted by atomic mass is 35.5. The first-order valence-corrected chi connectivity index (χ1v) is 4.22. The summed E-state index contributed by atoms with van der Waals surface area (Å²) >= 11 is 5.36. The van der Waals surface area contributed by atoms with Gasteiger partial charge >= 0.3 is 5.69 Å². The number of aromatic nitrogens is 2. The van der Waals surface area contributed by atoms with Crippen molar-refractivity contribution in [2.24, 2.45) is 0 Å². The molecule has 1 aromatic carbocycles. The average molecular weight is 198 g/mol. The fraction of sp³-hybridized carbons (Fsp3) is 0.125. The van der Waals surface area contributed by atoms with Gasteiger partial charge in [0.2, 0.25) is 0 Å². The van der Waals surface area contributed by atoms with Gasteiger partial charge in [-0.3, -0.25) is 0 Å². The number of halogens is 1. The SMILES string of the molecule is O=c1[nH]c2ccc(CNCl)cc2[nH]1. The highest BCUT2D eigenvalue weighted by Gasteiger charge is 1.98. The van der Waals surface area contributed by atoms with E-state index in [-0.39, 0.29) is 5.69 Å². The van der Waals surface area contributed by atoms with Crippen molar-refractivity contribution in [3.63, 3.8) is 0 Å². The Morgan fingerprint density at radius 2 is 2.08 bits per heavy atom. The number of aromatic amines is 2. The summed E-state index contributed by atoms with van der Waals surface area (Å²) < 4.78 is 0. The van der Waals surface area contributed by atoms with Crippen LogP contribution in [0, 0.1) is 0 Å². The first-order chi connectivity index (χ1) is 6.29. The van der Waals surface area contributed by atoms with Crippen LogP contribution in [0.2, 0.25) is 0 Å². The van der Waals surface area contributed by atoms with Gasteiger partial charge in [-0.2, -0.15) is 0 Å². The van der Waals surface area contributed by atoms with Crippen LogP contribution in [0.1, 0.15) is 5.56 Å². The Kier molecular flexibility index (Phi) is 2.08. The summed E-state index contributed by atoms with van der Waals surface area (Å²) in [4.78, 5) is 18.8. The van der Waals surface area contributed by atoms with E-state index in [1.165, 1.54) is 0 Å². The number of benzene rings is 1. The number of imidazole rings is 1. The third-order valence-electron chi connectivity index (χ3n) is 1.85. The van der Waals surface area contributed by atoms with Gasteiger partial charge in [0.1, 0.15) is 0 Å². The summed E-state index contributed by atoms with van der Waals surface area (Å²) in [5.41, 5.74) is 2.45. The zero-order valence-electron chi connectivity index (χ0n) is 6.73. The fourth-order valence-electron chi connectivity index (χ4n) is 1.27. The third kappa shape index (κ3) is 1.59. The van der Waals surface area contributed by atoms with Crippen LogP contribution < -0.4 is 10.5 Å². The molecule has 2 rings (SSSR count). The molecule has 0 unspecified atom stereocenters. The molecule has 0 saturated carbocycles. The minimum absolute atomic E-state index is 0.189. The van der Waals surface area contributed by atoms with Crippen LogP contribution in [0.15, 0.2) is 23.0 Å². The van der Waals surface area contributed by atoms with Crippen molar-refractivity contribution in [1.29, 1.82) is 0 Å². The van der Waals surface area contributed by atoms with Crippen LogP contribution in [0.25, 0.3) is 11.0 Å². The molecule has 0 spiro atoms. The zero-order valence-corrected chi connectivity index (χ0v) is 7.48. The molecule has 0 aliphatic heterocycles. The molecule has 0 saturated heterocycles. The van der Waals surface area contributed by atoms with Gasteiger partial charge in [0.05, 0.1) is 11.0 Å². The summed E-state index contributed by atoms with van der Waals surface area (Å²) in [5, 5.41) is 0. The Labute approximate surface area is 79.0 Å². The van der Waals surface area contributed by atoms with Crippen LogP contribution in [0.3, 0.4) is 0 Å². The van der Waals surface area contributed by atoms with Gasteiger partial charge in [0.25, 0.3) is 0 Å². The first kappa shape index (κ1) is 8.34. The van der Waals surface area contributed by atoms with Gasteiger partial charge in [0, 0.05) is 6.54 Å². The van der Waals surface area contributed by atoms with Crippen molar-refractivity contribution in [2.45, 2.75) is 6.54 Å². The molecule has 0 aliphatic rings. The van der Waals surface area contributed by atoms with Crippen molar-refractivity contribution < 1.29 is 0 Å². The molecule has 4 nitrogen and oxygen atoms in total. The largest absolute Gasteiger partial charge is 0.323 e. The number of hydrogen-bond donors (Lipinski definition) is 3. The van der Waals surface area contributed by atoms with Crippen LogP contribution >= 0.6 is 11.8 Å². The topological polar surface area (TPSA) is 60.7 Å². The quantitative estimate of drug-likeness (QED) is 0.632. The monoisotopic (exact) mass is 197 g/mol. The Bertz CT molecular complexity index is 473. The molecule has 1 heterocycles. The molecule has 0 radical (unpaired) electrons. The average Bonchev–Trinajstić information content (AvgIpc) is 2.44. The Balaban J connectivity index is 2.54. The minimum Gasteiger partial charge on any atom is -0.306 e. The molecule has 3 N–H and O–H groups in total. The molecule has 13 heavy (non-hydrogen) atoms. The lowest BCUT2D eigenvalue weighted by molar-refractivity contribution is 0.966. The van der Waals surface area contributed by atoms with Crippen LogP contribution in [0.4, 0.5) is 0 Å². The van der Waals surface area contributed by atoms with E-state index in [2.05, 4.69) is 14.8 Å². The van der Waals surface area contributed by atoms with Gasteiger partial charge < -0.3 is 9.97 Å². The maximum Gasteiger partial charge on any atom is 0.323 e. The predicted octanol–water partition coefficient (Wildman–Crippen LogP) is 1.10. The lowest BCUT2D eigenvalue weighted by Gasteiger charge is -1.97. The third-order valence-corrected chi connectivity index (χ3v) is 1.98. The van der Waals surface area contributed by atoms with Gasteiger partial charge in [-0.15, -0.1) is 0 Å². The number of fused-ring (bicyclic) bond motifs is 1. The van der Waals surface area contributed by atoms with E-state index >= 15 is 0 Å². The number of rotatable bonds is 2. The molecule has 0 amide bonds. The van der Waals surface area contributed by atoms with E-state index in [0.717, 1.165) is 16.6 Å². The lowest BCUT2D eigenvalue weighted by atomic mass is 10.2. The lowest BCUT2D eigenvalue weighted by Crippen LogP contribution is -1.99. The van der Waals surface area contributed by atoms with Crippen molar-refractivity contribution in [3.8, 4) is 0 Å². The van der Waals surface area contributed by atoms with Gasteiger partial charge in [-0.1, -0.05) is 6.07 Å². The van der Waals surface area contributed by atoms with Gasteiger partial charge in [-0.05, 0) is 29.5 Å². The van der Waals surface area contributed by atoms with Crippen LogP contribution in [-0.4, -0.2) is 9.97 Å². The second kappa shape index (κ2) is 3.24.